The second-order valence-electron chi connectivity index (χ2n) is 6.88. The van der Waals surface area contributed by atoms with Gasteiger partial charge in [0.2, 0.25) is 0 Å². The lowest BCUT2D eigenvalue weighted by atomic mass is 10.1. The molecule has 0 bridgehead atoms. The van der Waals surface area contributed by atoms with Crippen molar-refractivity contribution in [1.82, 2.24) is 0 Å². The Labute approximate surface area is 188 Å². The van der Waals surface area contributed by atoms with E-state index in [1.165, 1.54) is 12.1 Å². The van der Waals surface area contributed by atoms with Gasteiger partial charge in [-0.2, -0.15) is 0 Å². The molecule has 1 aliphatic heterocycles. The number of rotatable bonds is 5. The SMILES string of the molecule is COc1ccc(/C=C2/C=C(c3ccccc3)N(c3ccc(C(=O)O)cc3)C2=O)cc1Br. The maximum atomic E-state index is 13.4. The minimum absolute atomic E-state index is 0.166. The van der Waals surface area contributed by atoms with Crippen molar-refractivity contribution < 1.29 is 19.4 Å². The number of carboxylic acids is 1. The molecule has 0 saturated heterocycles. The molecule has 3 aromatic carbocycles. The van der Waals surface area contributed by atoms with Crippen LogP contribution < -0.4 is 9.64 Å². The zero-order chi connectivity index (χ0) is 22.0. The minimum atomic E-state index is -1.01. The molecule has 31 heavy (non-hydrogen) atoms. The number of benzene rings is 3. The zero-order valence-corrected chi connectivity index (χ0v) is 18.2. The lowest BCUT2D eigenvalue weighted by molar-refractivity contribution is -0.113. The summed E-state index contributed by atoms with van der Waals surface area (Å²) < 4.78 is 6.07. The van der Waals surface area contributed by atoms with Gasteiger partial charge in [-0.15, -0.1) is 0 Å². The van der Waals surface area contributed by atoms with Crippen molar-refractivity contribution in [2.45, 2.75) is 0 Å². The lowest BCUT2D eigenvalue weighted by Crippen LogP contribution is -2.25. The van der Waals surface area contributed by atoms with Crippen molar-refractivity contribution in [1.29, 1.82) is 0 Å². The summed E-state index contributed by atoms with van der Waals surface area (Å²) in [5.41, 5.74) is 3.76. The Morgan fingerprint density at radius 2 is 1.74 bits per heavy atom. The van der Waals surface area contributed by atoms with Gasteiger partial charge in [-0.1, -0.05) is 36.4 Å². The third-order valence-corrected chi connectivity index (χ3v) is 5.54. The van der Waals surface area contributed by atoms with Crippen LogP contribution in [0.25, 0.3) is 11.8 Å². The molecule has 0 spiro atoms. The molecule has 3 aromatic rings. The number of hydrogen-bond donors (Lipinski definition) is 1. The first-order chi connectivity index (χ1) is 15.0. The van der Waals surface area contributed by atoms with Crippen LogP contribution in [0.4, 0.5) is 5.69 Å². The van der Waals surface area contributed by atoms with Gasteiger partial charge in [0.1, 0.15) is 5.75 Å². The van der Waals surface area contributed by atoms with E-state index in [1.807, 2.05) is 60.7 Å². The number of carbonyl (C=O) groups excluding carboxylic acids is 1. The van der Waals surface area contributed by atoms with Gasteiger partial charge in [-0.3, -0.25) is 9.69 Å². The fourth-order valence-corrected chi connectivity index (χ4v) is 3.96. The molecule has 5 nitrogen and oxygen atoms in total. The summed E-state index contributed by atoms with van der Waals surface area (Å²) in [7, 11) is 1.60. The number of methoxy groups -OCH3 is 1. The van der Waals surface area contributed by atoms with Gasteiger partial charge in [-0.25, -0.2) is 4.79 Å². The van der Waals surface area contributed by atoms with Gasteiger partial charge in [0.25, 0.3) is 5.91 Å². The minimum Gasteiger partial charge on any atom is -0.496 e. The average molecular weight is 476 g/mol. The largest absolute Gasteiger partial charge is 0.496 e. The van der Waals surface area contributed by atoms with E-state index in [4.69, 9.17) is 4.74 Å². The number of carboxylic acid groups (broad SMARTS) is 1. The molecule has 154 valence electrons. The predicted molar refractivity (Wildman–Crippen MR) is 124 cm³/mol. The Hall–Kier alpha value is -3.64. The molecule has 1 amide bonds. The molecule has 0 aromatic heterocycles. The maximum Gasteiger partial charge on any atom is 0.335 e. The van der Waals surface area contributed by atoms with E-state index < -0.39 is 5.97 Å². The second-order valence-corrected chi connectivity index (χ2v) is 7.74. The van der Waals surface area contributed by atoms with Crippen LogP contribution in [-0.4, -0.2) is 24.1 Å². The third-order valence-electron chi connectivity index (χ3n) is 4.92. The summed E-state index contributed by atoms with van der Waals surface area (Å²) in [6, 6.07) is 21.5. The smallest absolute Gasteiger partial charge is 0.335 e. The molecular formula is C25H18BrNO4. The molecule has 0 radical (unpaired) electrons. The fourth-order valence-electron chi connectivity index (χ4n) is 3.40. The van der Waals surface area contributed by atoms with E-state index in [0.717, 1.165) is 21.3 Å². The summed E-state index contributed by atoms with van der Waals surface area (Å²) in [6.07, 6.45) is 3.67. The summed E-state index contributed by atoms with van der Waals surface area (Å²) in [5, 5.41) is 9.18. The predicted octanol–water partition coefficient (Wildman–Crippen LogP) is 5.63. The van der Waals surface area contributed by atoms with Crippen LogP contribution in [0.2, 0.25) is 0 Å². The topological polar surface area (TPSA) is 66.8 Å². The van der Waals surface area contributed by atoms with Gasteiger partial charge in [0.15, 0.2) is 0 Å². The summed E-state index contributed by atoms with van der Waals surface area (Å²) in [6.45, 7) is 0. The van der Waals surface area contributed by atoms with Crippen molar-refractivity contribution in [3.63, 3.8) is 0 Å². The highest BCUT2D eigenvalue weighted by Gasteiger charge is 2.30. The monoisotopic (exact) mass is 475 g/mol. The Morgan fingerprint density at radius 3 is 2.35 bits per heavy atom. The lowest BCUT2D eigenvalue weighted by Gasteiger charge is -2.21. The molecule has 6 heteroatoms. The van der Waals surface area contributed by atoms with Crippen LogP contribution in [0.3, 0.4) is 0 Å². The van der Waals surface area contributed by atoms with E-state index in [0.29, 0.717) is 17.0 Å². The molecule has 4 rings (SSSR count). The van der Waals surface area contributed by atoms with E-state index in [-0.39, 0.29) is 11.5 Å². The van der Waals surface area contributed by atoms with Crippen LogP contribution in [0.1, 0.15) is 21.5 Å². The number of anilines is 1. The summed E-state index contributed by atoms with van der Waals surface area (Å²) in [5.74, 6) is -0.488. The summed E-state index contributed by atoms with van der Waals surface area (Å²) >= 11 is 3.47. The van der Waals surface area contributed by atoms with Crippen LogP contribution in [0.15, 0.2) is 88.9 Å². The molecule has 1 aliphatic rings. The first-order valence-electron chi connectivity index (χ1n) is 9.48. The number of ether oxygens (including phenoxy) is 1. The highest BCUT2D eigenvalue weighted by Crippen LogP contribution is 2.36. The normalized spacial score (nSPS) is 14.6. The molecule has 0 aliphatic carbocycles. The average Bonchev–Trinajstić information content (AvgIpc) is 3.10. The molecule has 1 N–H and O–H groups in total. The van der Waals surface area contributed by atoms with Crippen molar-refractivity contribution in [3.8, 4) is 5.75 Å². The van der Waals surface area contributed by atoms with Gasteiger partial charge in [-0.05, 0) is 75.6 Å². The highest BCUT2D eigenvalue weighted by molar-refractivity contribution is 9.10. The Kier molecular flexibility index (Phi) is 5.73. The van der Waals surface area contributed by atoms with Gasteiger partial charge in [0, 0.05) is 11.3 Å². The van der Waals surface area contributed by atoms with Crippen molar-refractivity contribution in [2.24, 2.45) is 0 Å². The Balaban J connectivity index is 1.78. The van der Waals surface area contributed by atoms with Crippen molar-refractivity contribution in [3.05, 3.63) is 106 Å². The third kappa shape index (κ3) is 4.15. The quantitative estimate of drug-likeness (QED) is 0.485. The standard InChI is InChI=1S/C25H18BrNO4/c1-31-23-12-7-16(14-21(23)26)13-19-15-22(17-5-3-2-4-6-17)27(24(19)28)20-10-8-18(9-11-20)25(29)30/h2-15H,1H3,(H,29,30)/b19-13-. The molecule has 1 heterocycles. The molecule has 0 atom stereocenters. The van der Waals surface area contributed by atoms with E-state index in [1.54, 1.807) is 24.1 Å². The van der Waals surface area contributed by atoms with Crippen LogP contribution in [-0.2, 0) is 4.79 Å². The molecule has 0 saturated carbocycles. The van der Waals surface area contributed by atoms with Crippen LogP contribution >= 0.6 is 15.9 Å². The second kappa shape index (κ2) is 8.62. The molecule has 0 unspecified atom stereocenters. The van der Waals surface area contributed by atoms with E-state index in [9.17, 15) is 14.7 Å². The van der Waals surface area contributed by atoms with Gasteiger partial charge < -0.3 is 9.84 Å². The van der Waals surface area contributed by atoms with Gasteiger partial charge >= 0.3 is 5.97 Å². The van der Waals surface area contributed by atoms with Crippen molar-refractivity contribution >= 4 is 45.3 Å². The van der Waals surface area contributed by atoms with Crippen LogP contribution in [0, 0.1) is 0 Å². The van der Waals surface area contributed by atoms with E-state index in [2.05, 4.69) is 15.9 Å². The molecular weight excluding hydrogens is 458 g/mol. The Bertz CT molecular complexity index is 1210. The number of amides is 1. The first kappa shape index (κ1) is 20.6. The number of halogens is 1. The number of aromatic carboxylic acids is 1. The first-order valence-corrected chi connectivity index (χ1v) is 10.3. The Morgan fingerprint density at radius 1 is 1.03 bits per heavy atom. The number of carbonyl (C=O) groups is 2. The van der Waals surface area contributed by atoms with Gasteiger partial charge in [0.05, 0.1) is 22.8 Å². The van der Waals surface area contributed by atoms with E-state index >= 15 is 0 Å². The summed E-state index contributed by atoms with van der Waals surface area (Å²) in [4.78, 5) is 26.2. The highest BCUT2D eigenvalue weighted by atomic mass is 79.9. The molecule has 0 fully saturated rings. The number of hydrogen-bond acceptors (Lipinski definition) is 3. The number of nitrogens with zero attached hydrogens (tertiary/aromatic N) is 1. The van der Waals surface area contributed by atoms with Crippen molar-refractivity contribution in [2.75, 3.05) is 12.0 Å². The maximum absolute atomic E-state index is 13.4. The van der Waals surface area contributed by atoms with Crippen LogP contribution in [0.5, 0.6) is 5.75 Å². The fraction of sp³-hybridized carbons (Fsp3) is 0.0400. The zero-order valence-electron chi connectivity index (χ0n) is 16.6.